The van der Waals surface area contributed by atoms with Gasteiger partial charge in [0.25, 0.3) is 0 Å². The molecule has 1 aliphatic rings. The van der Waals surface area contributed by atoms with Crippen molar-refractivity contribution in [1.82, 2.24) is 5.43 Å². The molecule has 0 heterocycles. The molecule has 0 aromatic rings. The number of methoxy groups -OCH3 is 1. The molecule has 3 unspecified atom stereocenters. The molecule has 0 saturated heterocycles. The van der Waals surface area contributed by atoms with Crippen molar-refractivity contribution in [2.45, 2.75) is 45.1 Å². The van der Waals surface area contributed by atoms with E-state index in [1.54, 1.807) is 7.11 Å². The highest BCUT2D eigenvalue weighted by atomic mass is 16.5. The lowest BCUT2D eigenvalue weighted by atomic mass is 9.77. The first-order valence-electron chi connectivity index (χ1n) is 6.84. The summed E-state index contributed by atoms with van der Waals surface area (Å²) in [5.74, 6) is 7.19. The number of hydrogen-bond acceptors (Lipinski definition) is 4. The molecule has 0 aromatic heterocycles. The summed E-state index contributed by atoms with van der Waals surface area (Å²) in [7, 11) is 1.69. The van der Waals surface area contributed by atoms with Crippen LogP contribution < -0.4 is 11.3 Å². The van der Waals surface area contributed by atoms with Crippen LogP contribution in [0.5, 0.6) is 0 Å². The summed E-state index contributed by atoms with van der Waals surface area (Å²) in [6.45, 7) is 4.28. The number of nitrogens with two attached hydrogens (primary N) is 1. The van der Waals surface area contributed by atoms with E-state index < -0.39 is 0 Å². The Labute approximate surface area is 105 Å². The third-order valence-electron chi connectivity index (χ3n) is 3.91. The van der Waals surface area contributed by atoms with Crippen molar-refractivity contribution in [3.8, 4) is 0 Å². The van der Waals surface area contributed by atoms with E-state index in [0.717, 1.165) is 5.92 Å². The first-order valence-corrected chi connectivity index (χ1v) is 6.84. The molecule has 0 bridgehead atoms. The molecule has 0 aliphatic heterocycles. The largest absolute Gasteiger partial charge is 0.382 e. The predicted molar refractivity (Wildman–Crippen MR) is 69.5 cm³/mol. The highest BCUT2D eigenvalue weighted by molar-refractivity contribution is 4.81. The maximum Gasteiger partial charge on any atom is 0.0701 e. The molecular weight excluding hydrogens is 216 g/mol. The molecule has 102 valence electrons. The highest BCUT2D eigenvalue weighted by Gasteiger charge is 2.27. The Bertz CT molecular complexity index is 190. The second kappa shape index (κ2) is 8.86. The quantitative estimate of drug-likeness (QED) is 0.388. The minimum absolute atomic E-state index is 0.293. The molecule has 0 aromatic carbocycles. The zero-order valence-electron chi connectivity index (χ0n) is 11.3. The van der Waals surface area contributed by atoms with Gasteiger partial charge in [0.1, 0.15) is 0 Å². The average Bonchev–Trinajstić information content (AvgIpc) is 2.39. The number of hydrogen-bond donors (Lipinski definition) is 2. The lowest BCUT2D eigenvalue weighted by Crippen LogP contribution is -2.45. The summed E-state index contributed by atoms with van der Waals surface area (Å²) in [5.41, 5.74) is 2.93. The SMILES string of the molecule is CCC1CCCC(C(COCCOC)NN)C1. The van der Waals surface area contributed by atoms with Gasteiger partial charge in [0.2, 0.25) is 0 Å². The lowest BCUT2D eigenvalue weighted by Gasteiger charge is -2.33. The molecule has 1 saturated carbocycles. The summed E-state index contributed by atoms with van der Waals surface area (Å²) in [4.78, 5) is 0. The predicted octanol–water partition coefficient (Wildman–Crippen LogP) is 1.70. The van der Waals surface area contributed by atoms with Crippen molar-refractivity contribution in [1.29, 1.82) is 0 Å². The lowest BCUT2D eigenvalue weighted by molar-refractivity contribution is 0.0415. The molecule has 3 atom stereocenters. The Balaban J connectivity index is 2.27. The van der Waals surface area contributed by atoms with Crippen LogP contribution in [0.25, 0.3) is 0 Å². The van der Waals surface area contributed by atoms with E-state index >= 15 is 0 Å². The zero-order chi connectivity index (χ0) is 12.5. The summed E-state index contributed by atoms with van der Waals surface area (Å²) in [5, 5.41) is 0. The molecule has 0 radical (unpaired) electrons. The normalized spacial score (nSPS) is 27.0. The van der Waals surface area contributed by atoms with Crippen LogP contribution in [0.15, 0.2) is 0 Å². The minimum atomic E-state index is 0.293. The molecular formula is C13H28N2O2. The van der Waals surface area contributed by atoms with E-state index in [1.807, 2.05) is 0 Å². The van der Waals surface area contributed by atoms with Crippen LogP contribution in [0.1, 0.15) is 39.0 Å². The van der Waals surface area contributed by atoms with Crippen LogP contribution in [-0.2, 0) is 9.47 Å². The van der Waals surface area contributed by atoms with Crippen LogP contribution in [0.3, 0.4) is 0 Å². The van der Waals surface area contributed by atoms with E-state index in [2.05, 4.69) is 12.3 Å². The molecule has 4 nitrogen and oxygen atoms in total. The third kappa shape index (κ3) is 5.34. The molecule has 1 rings (SSSR count). The fraction of sp³-hybridized carbons (Fsp3) is 1.00. The van der Waals surface area contributed by atoms with E-state index in [1.165, 1.54) is 32.1 Å². The van der Waals surface area contributed by atoms with Crippen LogP contribution in [0.2, 0.25) is 0 Å². The summed E-state index contributed by atoms with van der Waals surface area (Å²) < 4.78 is 10.5. The molecule has 3 N–H and O–H groups in total. The third-order valence-corrected chi connectivity index (χ3v) is 3.91. The highest BCUT2D eigenvalue weighted by Crippen LogP contribution is 2.32. The topological polar surface area (TPSA) is 56.5 Å². The zero-order valence-corrected chi connectivity index (χ0v) is 11.3. The maximum atomic E-state index is 5.64. The first-order chi connectivity index (χ1) is 8.31. The summed E-state index contributed by atoms with van der Waals surface area (Å²) in [6, 6.07) is 0.293. The van der Waals surface area contributed by atoms with Crippen molar-refractivity contribution < 1.29 is 9.47 Å². The maximum absolute atomic E-state index is 5.64. The Morgan fingerprint density at radius 3 is 2.82 bits per heavy atom. The molecule has 0 amide bonds. The van der Waals surface area contributed by atoms with Gasteiger partial charge in [0, 0.05) is 13.2 Å². The van der Waals surface area contributed by atoms with Crippen molar-refractivity contribution in [3.05, 3.63) is 0 Å². The second-order valence-corrected chi connectivity index (χ2v) is 5.04. The summed E-state index contributed by atoms with van der Waals surface area (Å²) >= 11 is 0. The monoisotopic (exact) mass is 244 g/mol. The number of hydrazine groups is 1. The number of nitrogens with one attached hydrogen (secondary N) is 1. The molecule has 17 heavy (non-hydrogen) atoms. The van der Waals surface area contributed by atoms with Gasteiger partial charge in [-0.3, -0.25) is 11.3 Å². The van der Waals surface area contributed by atoms with E-state index in [4.69, 9.17) is 15.3 Å². The van der Waals surface area contributed by atoms with Gasteiger partial charge in [-0.15, -0.1) is 0 Å². The molecule has 4 heteroatoms. The molecule has 1 fully saturated rings. The van der Waals surface area contributed by atoms with Crippen LogP contribution >= 0.6 is 0 Å². The van der Waals surface area contributed by atoms with Crippen molar-refractivity contribution in [3.63, 3.8) is 0 Å². The van der Waals surface area contributed by atoms with E-state index in [0.29, 0.717) is 31.8 Å². The van der Waals surface area contributed by atoms with Gasteiger partial charge in [-0.05, 0) is 24.7 Å². The Kier molecular flexibility index (Phi) is 7.77. The van der Waals surface area contributed by atoms with E-state index in [-0.39, 0.29) is 0 Å². The van der Waals surface area contributed by atoms with Crippen LogP contribution in [0.4, 0.5) is 0 Å². The van der Waals surface area contributed by atoms with Gasteiger partial charge in [0.15, 0.2) is 0 Å². The molecule has 1 aliphatic carbocycles. The van der Waals surface area contributed by atoms with Crippen molar-refractivity contribution in [2.75, 3.05) is 26.9 Å². The Morgan fingerprint density at radius 2 is 2.18 bits per heavy atom. The fourth-order valence-corrected chi connectivity index (χ4v) is 2.74. The Morgan fingerprint density at radius 1 is 1.35 bits per heavy atom. The number of rotatable bonds is 8. The van der Waals surface area contributed by atoms with E-state index in [9.17, 15) is 0 Å². The smallest absolute Gasteiger partial charge is 0.0701 e. The van der Waals surface area contributed by atoms with Crippen molar-refractivity contribution in [2.24, 2.45) is 17.7 Å². The Hall–Kier alpha value is -0.160. The van der Waals surface area contributed by atoms with Gasteiger partial charge >= 0.3 is 0 Å². The van der Waals surface area contributed by atoms with Gasteiger partial charge in [-0.1, -0.05) is 26.2 Å². The van der Waals surface area contributed by atoms with Crippen LogP contribution in [0, 0.1) is 11.8 Å². The fourth-order valence-electron chi connectivity index (χ4n) is 2.74. The van der Waals surface area contributed by atoms with Gasteiger partial charge in [0.05, 0.1) is 19.8 Å². The molecule has 0 spiro atoms. The van der Waals surface area contributed by atoms with Crippen LogP contribution in [-0.4, -0.2) is 33.0 Å². The average molecular weight is 244 g/mol. The van der Waals surface area contributed by atoms with Gasteiger partial charge in [-0.2, -0.15) is 0 Å². The summed E-state index contributed by atoms with van der Waals surface area (Å²) in [6.07, 6.45) is 6.57. The number of ether oxygens (including phenoxy) is 2. The first kappa shape index (κ1) is 14.9. The van der Waals surface area contributed by atoms with Gasteiger partial charge < -0.3 is 9.47 Å². The standard InChI is InChI=1S/C13H28N2O2/c1-3-11-5-4-6-12(9-11)13(15-14)10-17-8-7-16-2/h11-13,15H,3-10,14H2,1-2H3. The minimum Gasteiger partial charge on any atom is -0.382 e. The van der Waals surface area contributed by atoms with Crippen molar-refractivity contribution >= 4 is 0 Å². The van der Waals surface area contributed by atoms with Gasteiger partial charge in [-0.25, -0.2) is 0 Å². The second-order valence-electron chi connectivity index (χ2n) is 5.04.